The molecule has 0 radical (unpaired) electrons. The maximum atomic E-state index is 8.49. The molecule has 16 heavy (non-hydrogen) atoms. The first kappa shape index (κ1) is 11.1. The summed E-state index contributed by atoms with van der Waals surface area (Å²) in [6.07, 6.45) is 4.79. The number of nitrogens with zero attached hydrogens (tertiary/aromatic N) is 3. The van der Waals surface area contributed by atoms with Gasteiger partial charge >= 0.3 is 0 Å². The molecule has 2 heterocycles. The van der Waals surface area contributed by atoms with Crippen LogP contribution < -0.4 is 5.32 Å². The fraction of sp³-hybridized carbons (Fsp3) is 0.500. The topological polar surface area (TPSA) is 52.0 Å². The lowest BCUT2D eigenvalue weighted by atomic mass is 10.2. The molecular weight excluding hydrogens is 200 g/mol. The minimum Gasteiger partial charge on any atom is -0.300 e. The maximum absolute atomic E-state index is 8.49. The predicted molar refractivity (Wildman–Crippen MR) is 61.5 cm³/mol. The van der Waals surface area contributed by atoms with Crippen LogP contribution in [0.15, 0.2) is 24.5 Å². The molecular formula is C12H16N4. The van der Waals surface area contributed by atoms with E-state index in [2.05, 4.69) is 33.4 Å². The number of likely N-dealkylation sites (tertiary alicyclic amines) is 1. The highest BCUT2D eigenvalue weighted by Crippen LogP contribution is 2.12. The molecule has 0 bridgehead atoms. The number of rotatable bonds is 4. The summed E-state index contributed by atoms with van der Waals surface area (Å²) in [5.41, 5.74) is 1.30. The molecule has 1 atom stereocenters. The van der Waals surface area contributed by atoms with Gasteiger partial charge in [0.2, 0.25) is 0 Å². The van der Waals surface area contributed by atoms with E-state index in [9.17, 15) is 0 Å². The van der Waals surface area contributed by atoms with Crippen LogP contribution in [0.3, 0.4) is 0 Å². The molecule has 0 amide bonds. The van der Waals surface area contributed by atoms with Gasteiger partial charge in [0.05, 0.1) is 12.6 Å². The van der Waals surface area contributed by atoms with Crippen molar-refractivity contribution in [3.05, 3.63) is 30.1 Å². The smallest absolute Gasteiger partial charge is 0.0843 e. The van der Waals surface area contributed by atoms with Crippen LogP contribution in [0.4, 0.5) is 0 Å². The van der Waals surface area contributed by atoms with Crippen molar-refractivity contribution in [2.24, 2.45) is 0 Å². The molecule has 4 heteroatoms. The second-order valence-corrected chi connectivity index (χ2v) is 4.12. The Bertz CT molecular complexity index is 357. The first-order valence-electron chi connectivity index (χ1n) is 5.60. The van der Waals surface area contributed by atoms with Crippen LogP contribution in [-0.4, -0.2) is 35.6 Å². The quantitative estimate of drug-likeness (QED) is 0.755. The standard InChI is InChI=1S/C12H16N4/c13-4-7-15-12-3-8-16(10-12)9-11-1-5-14-6-2-11/h1-2,5-6,12,15H,3,7-10H2. The Morgan fingerprint density at radius 1 is 1.50 bits per heavy atom. The lowest BCUT2D eigenvalue weighted by Crippen LogP contribution is -2.32. The summed E-state index contributed by atoms with van der Waals surface area (Å²) in [6, 6.07) is 6.70. The van der Waals surface area contributed by atoms with Gasteiger partial charge in [-0.1, -0.05) is 0 Å². The van der Waals surface area contributed by atoms with Gasteiger partial charge in [-0.2, -0.15) is 5.26 Å². The van der Waals surface area contributed by atoms with Gasteiger partial charge in [0, 0.05) is 38.1 Å². The van der Waals surface area contributed by atoms with Crippen LogP contribution >= 0.6 is 0 Å². The first-order chi connectivity index (χ1) is 7.88. The van der Waals surface area contributed by atoms with Crippen molar-refractivity contribution >= 4 is 0 Å². The average molecular weight is 216 g/mol. The fourth-order valence-electron chi connectivity index (χ4n) is 2.08. The van der Waals surface area contributed by atoms with Gasteiger partial charge in [-0.25, -0.2) is 0 Å². The first-order valence-corrected chi connectivity index (χ1v) is 5.60. The Hall–Kier alpha value is -1.44. The minimum atomic E-state index is 0.452. The average Bonchev–Trinajstić information content (AvgIpc) is 2.75. The summed E-state index contributed by atoms with van der Waals surface area (Å²) >= 11 is 0. The highest BCUT2D eigenvalue weighted by atomic mass is 15.2. The van der Waals surface area contributed by atoms with E-state index in [1.807, 2.05) is 12.4 Å². The number of hydrogen-bond donors (Lipinski definition) is 1. The van der Waals surface area contributed by atoms with Gasteiger partial charge in [0.1, 0.15) is 0 Å². The zero-order valence-electron chi connectivity index (χ0n) is 9.26. The SMILES string of the molecule is N#CCNC1CCN(Cc2ccncc2)C1. The molecule has 1 aliphatic rings. The van der Waals surface area contributed by atoms with E-state index in [-0.39, 0.29) is 0 Å². The van der Waals surface area contributed by atoms with Gasteiger partial charge in [0.15, 0.2) is 0 Å². The second-order valence-electron chi connectivity index (χ2n) is 4.12. The van der Waals surface area contributed by atoms with Gasteiger partial charge < -0.3 is 5.32 Å². The molecule has 0 aromatic carbocycles. The molecule has 1 saturated heterocycles. The normalized spacial score (nSPS) is 20.8. The fourth-order valence-corrected chi connectivity index (χ4v) is 2.08. The van der Waals surface area contributed by atoms with Crippen molar-refractivity contribution in [3.8, 4) is 6.07 Å². The molecule has 1 N–H and O–H groups in total. The molecule has 2 rings (SSSR count). The largest absolute Gasteiger partial charge is 0.300 e. The van der Waals surface area contributed by atoms with Crippen LogP contribution in [0.1, 0.15) is 12.0 Å². The highest BCUT2D eigenvalue weighted by Gasteiger charge is 2.21. The van der Waals surface area contributed by atoms with Crippen molar-refractivity contribution in [3.63, 3.8) is 0 Å². The lowest BCUT2D eigenvalue weighted by Gasteiger charge is -2.15. The third-order valence-electron chi connectivity index (χ3n) is 2.90. The van der Waals surface area contributed by atoms with Gasteiger partial charge in [-0.15, -0.1) is 0 Å². The van der Waals surface area contributed by atoms with Crippen LogP contribution in [0.2, 0.25) is 0 Å². The Morgan fingerprint density at radius 2 is 2.31 bits per heavy atom. The van der Waals surface area contributed by atoms with E-state index < -0.39 is 0 Å². The zero-order chi connectivity index (χ0) is 11.2. The third kappa shape index (κ3) is 3.02. The van der Waals surface area contributed by atoms with Gasteiger partial charge in [-0.3, -0.25) is 9.88 Å². The lowest BCUT2D eigenvalue weighted by molar-refractivity contribution is 0.321. The van der Waals surface area contributed by atoms with Crippen molar-refractivity contribution in [1.29, 1.82) is 5.26 Å². The Morgan fingerprint density at radius 3 is 3.06 bits per heavy atom. The van der Waals surface area contributed by atoms with Crippen molar-refractivity contribution < 1.29 is 0 Å². The molecule has 1 aliphatic heterocycles. The van der Waals surface area contributed by atoms with Gasteiger partial charge in [-0.05, 0) is 24.1 Å². The highest BCUT2D eigenvalue weighted by molar-refractivity contribution is 5.09. The second kappa shape index (κ2) is 5.59. The monoisotopic (exact) mass is 216 g/mol. The third-order valence-corrected chi connectivity index (χ3v) is 2.90. The molecule has 1 fully saturated rings. The van der Waals surface area contributed by atoms with Gasteiger partial charge in [0.25, 0.3) is 0 Å². The molecule has 1 aromatic heterocycles. The Kier molecular flexibility index (Phi) is 3.86. The van der Waals surface area contributed by atoms with Crippen molar-refractivity contribution in [1.82, 2.24) is 15.2 Å². The number of nitriles is 1. The van der Waals surface area contributed by atoms with E-state index in [1.54, 1.807) is 0 Å². The molecule has 0 aliphatic carbocycles. The van der Waals surface area contributed by atoms with E-state index in [4.69, 9.17) is 5.26 Å². The Balaban J connectivity index is 1.79. The molecule has 0 spiro atoms. The molecule has 4 nitrogen and oxygen atoms in total. The number of hydrogen-bond acceptors (Lipinski definition) is 4. The van der Waals surface area contributed by atoms with Crippen LogP contribution in [0, 0.1) is 11.3 Å². The maximum Gasteiger partial charge on any atom is 0.0843 e. The summed E-state index contributed by atoms with van der Waals surface area (Å²) in [6.45, 7) is 3.57. The molecule has 0 saturated carbocycles. The van der Waals surface area contributed by atoms with Crippen LogP contribution in [0.25, 0.3) is 0 Å². The van der Waals surface area contributed by atoms with E-state index >= 15 is 0 Å². The van der Waals surface area contributed by atoms with Crippen LogP contribution in [0.5, 0.6) is 0 Å². The summed E-state index contributed by atoms with van der Waals surface area (Å²) in [4.78, 5) is 6.42. The summed E-state index contributed by atoms with van der Waals surface area (Å²) < 4.78 is 0. The summed E-state index contributed by atoms with van der Waals surface area (Å²) in [7, 11) is 0. The van der Waals surface area contributed by atoms with E-state index in [1.165, 1.54) is 5.56 Å². The van der Waals surface area contributed by atoms with Crippen molar-refractivity contribution in [2.45, 2.75) is 19.0 Å². The summed E-state index contributed by atoms with van der Waals surface area (Å²) in [5, 5.41) is 11.7. The van der Waals surface area contributed by atoms with E-state index in [0.717, 1.165) is 26.1 Å². The predicted octanol–water partition coefficient (Wildman–Crippen LogP) is 0.769. The minimum absolute atomic E-state index is 0.452. The van der Waals surface area contributed by atoms with Crippen LogP contribution in [-0.2, 0) is 6.54 Å². The Labute approximate surface area is 95.9 Å². The summed E-state index contributed by atoms with van der Waals surface area (Å²) in [5.74, 6) is 0. The van der Waals surface area contributed by atoms with E-state index in [0.29, 0.717) is 12.6 Å². The van der Waals surface area contributed by atoms with Crippen molar-refractivity contribution in [2.75, 3.05) is 19.6 Å². The molecule has 84 valence electrons. The zero-order valence-corrected chi connectivity index (χ0v) is 9.26. The number of nitrogens with one attached hydrogen (secondary N) is 1. The molecule has 1 aromatic rings. The number of aromatic nitrogens is 1. The molecule has 1 unspecified atom stereocenters. The number of pyridine rings is 1.